The van der Waals surface area contributed by atoms with Gasteiger partial charge in [-0.3, -0.25) is 4.79 Å². The largest absolute Gasteiger partial charge is 0.449 e. The molecule has 0 aromatic heterocycles. The van der Waals surface area contributed by atoms with Gasteiger partial charge in [0.15, 0.2) is 6.10 Å². The Morgan fingerprint density at radius 3 is 2.12 bits per heavy atom. The SMILES string of the molecule is CC[C@@H](C)NS(=O)(=O)c1ccc(C(=O)O[C@H](C)C(=O)NC(C)(C)C)cc1. The summed E-state index contributed by atoms with van der Waals surface area (Å²) in [6, 6.07) is 5.21. The monoisotopic (exact) mass is 384 g/mol. The molecule has 2 atom stereocenters. The lowest BCUT2D eigenvalue weighted by Crippen LogP contribution is -2.46. The highest BCUT2D eigenvalue weighted by molar-refractivity contribution is 7.89. The Morgan fingerprint density at radius 1 is 1.12 bits per heavy atom. The Balaban J connectivity index is 2.79. The molecule has 26 heavy (non-hydrogen) atoms. The van der Waals surface area contributed by atoms with Crippen molar-refractivity contribution in [2.75, 3.05) is 0 Å². The summed E-state index contributed by atoms with van der Waals surface area (Å²) in [6.07, 6.45) is -0.296. The normalized spacial score (nSPS) is 14.4. The van der Waals surface area contributed by atoms with E-state index in [1.807, 2.05) is 27.7 Å². The van der Waals surface area contributed by atoms with Crippen LogP contribution in [0.1, 0.15) is 58.3 Å². The van der Waals surface area contributed by atoms with Gasteiger partial charge in [0, 0.05) is 11.6 Å². The Kier molecular flexibility index (Phi) is 7.35. The van der Waals surface area contributed by atoms with Crippen molar-refractivity contribution in [1.82, 2.24) is 10.0 Å². The summed E-state index contributed by atoms with van der Waals surface area (Å²) in [5, 5.41) is 2.72. The van der Waals surface area contributed by atoms with Gasteiger partial charge in [0.2, 0.25) is 10.0 Å². The molecule has 0 aliphatic heterocycles. The van der Waals surface area contributed by atoms with E-state index in [-0.39, 0.29) is 16.5 Å². The van der Waals surface area contributed by atoms with Gasteiger partial charge in [-0.25, -0.2) is 17.9 Å². The van der Waals surface area contributed by atoms with Crippen molar-refractivity contribution in [3.63, 3.8) is 0 Å². The molecule has 0 saturated carbocycles. The standard InChI is InChI=1S/C18H28N2O5S/c1-7-12(2)20-26(23,24)15-10-8-14(9-11-15)17(22)25-13(3)16(21)19-18(4,5)6/h8-13,20H,7H2,1-6H3,(H,19,21)/t12-,13-/m1/s1. The van der Waals surface area contributed by atoms with Gasteiger partial charge < -0.3 is 10.1 Å². The van der Waals surface area contributed by atoms with Crippen molar-refractivity contribution < 1.29 is 22.7 Å². The van der Waals surface area contributed by atoms with Gasteiger partial charge in [-0.1, -0.05) is 6.92 Å². The van der Waals surface area contributed by atoms with Crippen LogP contribution in [0.25, 0.3) is 0 Å². The molecule has 0 aliphatic rings. The average molecular weight is 384 g/mol. The fourth-order valence-corrected chi connectivity index (χ4v) is 3.27. The number of carbonyl (C=O) groups excluding carboxylic acids is 2. The first-order valence-corrected chi connectivity index (χ1v) is 9.99. The molecular weight excluding hydrogens is 356 g/mol. The molecule has 1 aromatic carbocycles. The number of hydrogen-bond acceptors (Lipinski definition) is 5. The number of benzene rings is 1. The van der Waals surface area contributed by atoms with Crippen molar-refractivity contribution in [3.8, 4) is 0 Å². The third kappa shape index (κ3) is 6.76. The first-order valence-electron chi connectivity index (χ1n) is 8.51. The zero-order chi connectivity index (χ0) is 20.1. The summed E-state index contributed by atoms with van der Waals surface area (Å²) in [4.78, 5) is 24.2. The molecule has 0 heterocycles. The summed E-state index contributed by atoms with van der Waals surface area (Å²) < 4.78 is 32.1. The highest BCUT2D eigenvalue weighted by Gasteiger charge is 2.23. The number of nitrogens with one attached hydrogen (secondary N) is 2. The zero-order valence-electron chi connectivity index (χ0n) is 16.1. The van der Waals surface area contributed by atoms with Crippen LogP contribution in [0.15, 0.2) is 29.2 Å². The summed E-state index contributed by atoms with van der Waals surface area (Å²) >= 11 is 0. The van der Waals surface area contributed by atoms with Crippen molar-refractivity contribution in [3.05, 3.63) is 29.8 Å². The predicted octanol–water partition coefficient (Wildman–Crippen LogP) is 2.22. The maximum absolute atomic E-state index is 12.2. The lowest BCUT2D eigenvalue weighted by molar-refractivity contribution is -0.130. The van der Waals surface area contributed by atoms with E-state index < -0.39 is 33.5 Å². The molecule has 1 rings (SSSR count). The predicted molar refractivity (Wildman–Crippen MR) is 99.3 cm³/mol. The molecule has 1 amide bonds. The minimum absolute atomic E-state index is 0.0628. The second kappa shape index (κ2) is 8.64. The third-order valence-corrected chi connectivity index (χ3v) is 5.13. The van der Waals surface area contributed by atoms with E-state index >= 15 is 0 Å². The van der Waals surface area contributed by atoms with E-state index in [0.717, 1.165) is 0 Å². The van der Waals surface area contributed by atoms with E-state index in [2.05, 4.69) is 10.0 Å². The van der Waals surface area contributed by atoms with Crippen LogP contribution in [0.3, 0.4) is 0 Å². The van der Waals surface area contributed by atoms with E-state index in [9.17, 15) is 18.0 Å². The van der Waals surface area contributed by atoms with Crippen molar-refractivity contribution in [2.24, 2.45) is 0 Å². The number of esters is 1. The van der Waals surface area contributed by atoms with Crippen LogP contribution in [-0.4, -0.2) is 38.0 Å². The molecule has 0 aliphatic carbocycles. The van der Waals surface area contributed by atoms with Gasteiger partial charge >= 0.3 is 5.97 Å². The van der Waals surface area contributed by atoms with Gasteiger partial charge in [0.05, 0.1) is 10.5 Å². The van der Waals surface area contributed by atoms with Crippen LogP contribution in [0.4, 0.5) is 0 Å². The Labute approximate surface area is 155 Å². The number of carbonyl (C=O) groups is 2. The molecule has 0 fully saturated rings. The second-order valence-electron chi connectivity index (χ2n) is 7.24. The van der Waals surface area contributed by atoms with Crippen molar-refractivity contribution >= 4 is 21.9 Å². The molecule has 2 N–H and O–H groups in total. The molecule has 0 saturated heterocycles. The molecule has 146 valence electrons. The molecule has 1 aromatic rings. The molecule has 0 spiro atoms. The Hall–Kier alpha value is -1.93. The maximum atomic E-state index is 12.2. The van der Waals surface area contributed by atoms with Crippen LogP contribution in [0, 0.1) is 0 Å². The molecule has 0 unspecified atom stereocenters. The third-order valence-electron chi connectivity index (χ3n) is 3.52. The fraction of sp³-hybridized carbons (Fsp3) is 0.556. The number of hydrogen-bond donors (Lipinski definition) is 2. The van der Waals surface area contributed by atoms with Gasteiger partial charge in [-0.05, 0) is 65.3 Å². The summed E-state index contributed by atoms with van der Waals surface area (Å²) in [6.45, 7) is 10.6. The number of amides is 1. The number of sulfonamides is 1. The average Bonchev–Trinajstić information content (AvgIpc) is 2.52. The number of ether oxygens (including phenoxy) is 1. The van der Waals surface area contributed by atoms with Gasteiger partial charge in [-0.15, -0.1) is 0 Å². The quantitative estimate of drug-likeness (QED) is 0.702. The minimum atomic E-state index is -3.64. The molecule has 8 heteroatoms. The molecular formula is C18H28N2O5S. The maximum Gasteiger partial charge on any atom is 0.338 e. The van der Waals surface area contributed by atoms with E-state index in [1.165, 1.54) is 31.2 Å². The van der Waals surface area contributed by atoms with Gasteiger partial charge in [0.25, 0.3) is 5.91 Å². The second-order valence-corrected chi connectivity index (χ2v) is 8.96. The Bertz CT molecular complexity index is 736. The minimum Gasteiger partial charge on any atom is -0.449 e. The van der Waals surface area contributed by atoms with Gasteiger partial charge in [-0.2, -0.15) is 0 Å². The topological polar surface area (TPSA) is 102 Å². The first kappa shape index (κ1) is 22.1. The fourth-order valence-electron chi connectivity index (χ4n) is 1.94. The molecule has 0 bridgehead atoms. The summed E-state index contributed by atoms with van der Waals surface area (Å²) in [5.41, 5.74) is -0.265. The van der Waals surface area contributed by atoms with E-state index in [0.29, 0.717) is 6.42 Å². The van der Waals surface area contributed by atoms with E-state index in [1.54, 1.807) is 6.92 Å². The Morgan fingerprint density at radius 2 is 1.65 bits per heavy atom. The van der Waals surface area contributed by atoms with E-state index in [4.69, 9.17) is 4.74 Å². The van der Waals surface area contributed by atoms with Gasteiger partial charge in [0.1, 0.15) is 0 Å². The summed E-state index contributed by atoms with van der Waals surface area (Å²) in [7, 11) is -3.64. The lowest BCUT2D eigenvalue weighted by Gasteiger charge is -2.23. The van der Waals surface area contributed by atoms with Crippen LogP contribution < -0.4 is 10.0 Å². The van der Waals surface area contributed by atoms with Crippen molar-refractivity contribution in [1.29, 1.82) is 0 Å². The highest BCUT2D eigenvalue weighted by atomic mass is 32.2. The van der Waals surface area contributed by atoms with Crippen LogP contribution >= 0.6 is 0 Å². The van der Waals surface area contributed by atoms with Crippen LogP contribution in [0.2, 0.25) is 0 Å². The molecule has 0 radical (unpaired) electrons. The summed E-state index contributed by atoms with van der Waals surface area (Å²) in [5.74, 6) is -1.09. The van der Waals surface area contributed by atoms with Crippen molar-refractivity contribution in [2.45, 2.75) is 70.5 Å². The zero-order valence-corrected chi connectivity index (χ0v) is 16.9. The lowest BCUT2D eigenvalue weighted by atomic mass is 10.1. The highest BCUT2D eigenvalue weighted by Crippen LogP contribution is 2.13. The first-order chi connectivity index (χ1) is 11.9. The van der Waals surface area contributed by atoms with Crippen LogP contribution in [-0.2, 0) is 19.6 Å². The molecule has 7 nitrogen and oxygen atoms in total. The number of rotatable bonds is 7. The van der Waals surface area contributed by atoms with Crippen LogP contribution in [0.5, 0.6) is 0 Å². The smallest absolute Gasteiger partial charge is 0.338 e.